The molecule has 2 atom stereocenters. The van der Waals surface area contributed by atoms with Crippen LogP contribution in [0.4, 0.5) is 0 Å². The Hall–Kier alpha value is -0.0900. The first-order valence-corrected chi connectivity index (χ1v) is 8.37. The minimum Gasteiger partial charge on any atom is -0.311 e. The molecule has 0 bridgehead atoms. The largest absolute Gasteiger partial charge is 0.311 e. The maximum Gasteiger partial charge on any atom is 0.150 e. The molecule has 0 aromatic carbocycles. The van der Waals surface area contributed by atoms with E-state index in [0.29, 0.717) is 12.1 Å². The molecule has 1 N–H and O–H groups in total. The Labute approximate surface area is 99.9 Å². The van der Waals surface area contributed by atoms with E-state index in [1.54, 1.807) is 0 Å². The Morgan fingerprint density at radius 2 is 1.88 bits per heavy atom. The highest BCUT2D eigenvalue weighted by molar-refractivity contribution is 7.91. The van der Waals surface area contributed by atoms with E-state index in [1.165, 1.54) is 6.26 Å². The lowest BCUT2D eigenvalue weighted by Gasteiger charge is -2.31. The molecule has 1 fully saturated rings. The summed E-state index contributed by atoms with van der Waals surface area (Å²) in [6.45, 7) is 4.36. The van der Waals surface area contributed by atoms with Crippen molar-refractivity contribution in [2.24, 2.45) is 0 Å². The molecule has 0 aromatic heterocycles. The summed E-state index contributed by atoms with van der Waals surface area (Å²) < 4.78 is 23.1. The van der Waals surface area contributed by atoms with Gasteiger partial charge < -0.3 is 5.32 Å². The predicted molar refractivity (Wildman–Crippen MR) is 68.4 cm³/mol. The quantitative estimate of drug-likeness (QED) is 0.809. The first kappa shape index (κ1) is 14.0. The highest BCUT2D eigenvalue weighted by atomic mass is 32.2. The van der Waals surface area contributed by atoms with Gasteiger partial charge in [0.2, 0.25) is 0 Å². The number of hydrogen-bond acceptors (Lipinski definition) is 3. The van der Waals surface area contributed by atoms with Gasteiger partial charge in [-0.05, 0) is 32.1 Å². The lowest BCUT2D eigenvalue weighted by molar-refractivity contribution is 0.327. The normalized spacial score (nSPS) is 27.2. The van der Waals surface area contributed by atoms with E-state index in [-0.39, 0.29) is 5.25 Å². The minimum absolute atomic E-state index is 0.117. The van der Waals surface area contributed by atoms with Crippen molar-refractivity contribution in [1.29, 1.82) is 0 Å². The van der Waals surface area contributed by atoms with Crippen LogP contribution in [-0.4, -0.2) is 32.0 Å². The summed E-state index contributed by atoms with van der Waals surface area (Å²) in [6, 6.07) is 0.946. The molecule has 0 aliphatic heterocycles. The van der Waals surface area contributed by atoms with Gasteiger partial charge in [0.25, 0.3) is 0 Å². The van der Waals surface area contributed by atoms with Crippen molar-refractivity contribution in [3.8, 4) is 0 Å². The summed E-state index contributed by atoms with van der Waals surface area (Å²) in [7, 11) is -2.85. The van der Waals surface area contributed by atoms with Gasteiger partial charge in [-0.1, -0.05) is 20.3 Å². The lowest BCUT2D eigenvalue weighted by Crippen LogP contribution is -2.43. The molecule has 1 rings (SSSR count). The van der Waals surface area contributed by atoms with Gasteiger partial charge in [-0.2, -0.15) is 0 Å². The second-order valence-corrected chi connectivity index (χ2v) is 7.32. The molecule has 1 saturated carbocycles. The molecule has 1 aliphatic carbocycles. The molecule has 0 radical (unpaired) electrons. The van der Waals surface area contributed by atoms with Crippen molar-refractivity contribution in [2.45, 2.75) is 69.7 Å². The van der Waals surface area contributed by atoms with Gasteiger partial charge in [-0.3, -0.25) is 0 Å². The van der Waals surface area contributed by atoms with Crippen LogP contribution in [0.25, 0.3) is 0 Å². The van der Waals surface area contributed by atoms with Crippen molar-refractivity contribution >= 4 is 9.84 Å². The average Bonchev–Trinajstić information content (AvgIpc) is 2.25. The molecule has 16 heavy (non-hydrogen) atoms. The van der Waals surface area contributed by atoms with Crippen molar-refractivity contribution in [3.63, 3.8) is 0 Å². The number of sulfone groups is 1. The Morgan fingerprint density at radius 1 is 1.25 bits per heavy atom. The van der Waals surface area contributed by atoms with Gasteiger partial charge in [0.15, 0.2) is 0 Å². The molecule has 3 nitrogen and oxygen atoms in total. The van der Waals surface area contributed by atoms with Crippen LogP contribution in [0.3, 0.4) is 0 Å². The van der Waals surface area contributed by atoms with Gasteiger partial charge in [-0.25, -0.2) is 8.42 Å². The minimum atomic E-state index is -2.85. The lowest BCUT2D eigenvalue weighted by atomic mass is 9.94. The highest BCUT2D eigenvalue weighted by Crippen LogP contribution is 2.24. The molecule has 4 heteroatoms. The molecule has 0 amide bonds. The average molecular weight is 247 g/mol. The van der Waals surface area contributed by atoms with E-state index in [4.69, 9.17) is 0 Å². The van der Waals surface area contributed by atoms with Crippen LogP contribution >= 0.6 is 0 Å². The predicted octanol–water partition coefficient (Wildman–Crippen LogP) is 2.12. The topological polar surface area (TPSA) is 46.2 Å². The maximum atomic E-state index is 11.5. The van der Waals surface area contributed by atoms with Gasteiger partial charge in [0, 0.05) is 18.3 Å². The van der Waals surface area contributed by atoms with Crippen LogP contribution in [0, 0.1) is 0 Å². The zero-order valence-corrected chi connectivity index (χ0v) is 11.5. The third kappa shape index (κ3) is 4.06. The second kappa shape index (κ2) is 6.01. The van der Waals surface area contributed by atoms with Gasteiger partial charge in [0.1, 0.15) is 9.84 Å². The summed E-state index contributed by atoms with van der Waals surface area (Å²) in [5.74, 6) is 0. The first-order valence-electron chi connectivity index (χ1n) is 6.42. The summed E-state index contributed by atoms with van der Waals surface area (Å²) >= 11 is 0. The fourth-order valence-corrected chi connectivity index (χ4v) is 3.72. The van der Waals surface area contributed by atoms with E-state index in [2.05, 4.69) is 19.2 Å². The Balaban J connectivity index is 2.51. The third-order valence-electron chi connectivity index (χ3n) is 3.69. The zero-order chi connectivity index (χ0) is 12.2. The van der Waals surface area contributed by atoms with Crippen LogP contribution in [0.15, 0.2) is 0 Å². The zero-order valence-electron chi connectivity index (χ0n) is 10.7. The smallest absolute Gasteiger partial charge is 0.150 e. The Bertz CT molecular complexity index is 296. The van der Waals surface area contributed by atoms with Gasteiger partial charge >= 0.3 is 0 Å². The van der Waals surface area contributed by atoms with Crippen LogP contribution in [-0.2, 0) is 9.84 Å². The van der Waals surface area contributed by atoms with E-state index in [9.17, 15) is 8.42 Å². The molecular formula is C12H25NO2S. The van der Waals surface area contributed by atoms with E-state index >= 15 is 0 Å². The number of rotatable bonds is 5. The maximum absolute atomic E-state index is 11.5. The fraction of sp³-hybridized carbons (Fsp3) is 1.00. The van der Waals surface area contributed by atoms with Crippen molar-refractivity contribution in [1.82, 2.24) is 5.32 Å². The SMILES string of the molecule is CCC(CC)NC1CCCC(S(C)(=O)=O)C1. The Kier molecular flexibility index (Phi) is 5.25. The monoisotopic (exact) mass is 247 g/mol. The standard InChI is InChI=1S/C12H25NO2S/c1-4-10(5-2)13-11-7-6-8-12(9-11)16(3,14)15/h10-13H,4-9H2,1-3H3. The number of nitrogens with one attached hydrogen (secondary N) is 1. The molecule has 1 aliphatic rings. The molecule has 0 saturated heterocycles. The molecule has 0 aromatic rings. The molecule has 0 spiro atoms. The van der Waals surface area contributed by atoms with Crippen LogP contribution < -0.4 is 5.32 Å². The van der Waals surface area contributed by atoms with Gasteiger partial charge in [-0.15, -0.1) is 0 Å². The Morgan fingerprint density at radius 3 is 2.38 bits per heavy atom. The van der Waals surface area contributed by atoms with Crippen LogP contribution in [0.2, 0.25) is 0 Å². The molecular weight excluding hydrogens is 222 g/mol. The summed E-state index contributed by atoms with van der Waals surface area (Å²) in [6.07, 6.45) is 7.43. The fourth-order valence-electron chi connectivity index (χ4n) is 2.54. The van der Waals surface area contributed by atoms with Crippen molar-refractivity contribution in [3.05, 3.63) is 0 Å². The second-order valence-electron chi connectivity index (χ2n) is 5.00. The van der Waals surface area contributed by atoms with Crippen LogP contribution in [0.5, 0.6) is 0 Å². The van der Waals surface area contributed by atoms with E-state index in [1.807, 2.05) is 0 Å². The number of hydrogen-bond donors (Lipinski definition) is 1. The first-order chi connectivity index (χ1) is 7.47. The molecule has 96 valence electrons. The van der Waals surface area contributed by atoms with E-state index < -0.39 is 9.84 Å². The van der Waals surface area contributed by atoms with Crippen molar-refractivity contribution in [2.75, 3.05) is 6.26 Å². The van der Waals surface area contributed by atoms with Crippen LogP contribution in [0.1, 0.15) is 52.4 Å². The molecule has 0 heterocycles. The summed E-state index contributed by atoms with van der Waals surface area (Å²) in [5.41, 5.74) is 0. The summed E-state index contributed by atoms with van der Waals surface area (Å²) in [4.78, 5) is 0. The highest BCUT2D eigenvalue weighted by Gasteiger charge is 2.29. The van der Waals surface area contributed by atoms with Gasteiger partial charge in [0.05, 0.1) is 5.25 Å². The molecule has 2 unspecified atom stereocenters. The summed E-state index contributed by atoms with van der Waals surface area (Å²) in [5, 5.41) is 3.48. The van der Waals surface area contributed by atoms with Crippen molar-refractivity contribution < 1.29 is 8.42 Å². The third-order valence-corrected chi connectivity index (χ3v) is 5.33. The van der Waals surface area contributed by atoms with E-state index in [0.717, 1.165) is 38.5 Å².